The van der Waals surface area contributed by atoms with E-state index >= 15 is 0 Å². The highest BCUT2D eigenvalue weighted by Crippen LogP contribution is 2.38. The van der Waals surface area contributed by atoms with Crippen molar-refractivity contribution in [2.75, 3.05) is 5.73 Å². The van der Waals surface area contributed by atoms with Crippen LogP contribution in [0.2, 0.25) is 5.02 Å². The molecule has 0 radical (unpaired) electrons. The summed E-state index contributed by atoms with van der Waals surface area (Å²) in [5.41, 5.74) is 9.30. The number of H-pyrrole nitrogens is 2. The molecule has 0 amide bonds. The van der Waals surface area contributed by atoms with Crippen LogP contribution >= 0.6 is 11.6 Å². The van der Waals surface area contributed by atoms with Gasteiger partial charge in [0, 0.05) is 21.9 Å². The number of aromatic nitrogens is 3. The molecule has 25 heavy (non-hydrogen) atoms. The van der Waals surface area contributed by atoms with Crippen LogP contribution in [-0.2, 0) is 0 Å². The van der Waals surface area contributed by atoms with E-state index in [9.17, 15) is 9.90 Å². The third-order valence-electron chi connectivity index (χ3n) is 4.39. The number of nitrogen functional groups attached to an aromatic ring is 1. The smallest absolute Gasteiger partial charge is 0.272 e. The van der Waals surface area contributed by atoms with Crippen LogP contribution in [0.1, 0.15) is 18.6 Å². The SMILES string of the molecule is CC(O)c1ccc2[nH]c(=O)c(N)c(-c3ccc(Cl)c4[nH]ncc34)c2c1. The van der Waals surface area contributed by atoms with E-state index in [1.807, 2.05) is 12.1 Å². The number of halogens is 1. The standard InChI is InChI=1S/C18H15ClN4O2/c1-8(24)9-2-5-14-11(6-9)15(16(20)18(25)22-14)10-3-4-13(19)17-12(10)7-21-23-17/h2-8,24H,20H2,1H3,(H,21,23)(H,22,25). The third-order valence-corrected chi connectivity index (χ3v) is 4.71. The topological polar surface area (TPSA) is 108 Å². The zero-order valence-corrected chi connectivity index (χ0v) is 14.1. The van der Waals surface area contributed by atoms with Crippen LogP contribution in [-0.4, -0.2) is 20.3 Å². The Morgan fingerprint density at radius 3 is 2.80 bits per heavy atom. The number of fused-ring (bicyclic) bond motifs is 2. The Morgan fingerprint density at radius 2 is 2.04 bits per heavy atom. The fourth-order valence-electron chi connectivity index (χ4n) is 3.10. The molecule has 126 valence electrons. The molecule has 1 unspecified atom stereocenters. The summed E-state index contributed by atoms with van der Waals surface area (Å²) >= 11 is 6.21. The quantitative estimate of drug-likeness (QED) is 0.442. The highest BCUT2D eigenvalue weighted by molar-refractivity contribution is 6.35. The van der Waals surface area contributed by atoms with Crippen molar-refractivity contribution in [1.82, 2.24) is 15.2 Å². The molecule has 1 atom stereocenters. The number of nitrogens with two attached hydrogens (primary N) is 1. The minimum Gasteiger partial charge on any atom is -0.394 e. The first kappa shape index (κ1) is 15.7. The molecule has 2 aromatic heterocycles. The van der Waals surface area contributed by atoms with Gasteiger partial charge in [0.1, 0.15) is 5.69 Å². The summed E-state index contributed by atoms with van der Waals surface area (Å²) in [6.45, 7) is 1.69. The van der Waals surface area contributed by atoms with Gasteiger partial charge in [-0.3, -0.25) is 9.89 Å². The number of nitrogens with zero attached hydrogens (tertiary/aromatic N) is 1. The number of aliphatic hydroxyl groups is 1. The minimum absolute atomic E-state index is 0.111. The van der Waals surface area contributed by atoms with Crippen LogP contribution in [0.4, 0.5) is 5.69 Å². The number of aliphatic hydroxyl groups excluding tert-OH is 1. The molecule has 0 saturated carbocycles. The Labute approximate surface area is 147 Å². The van der Waals surface area contributed by atoms with Crippen molar-refractivity contribution in [1.29, 1.82) is 0 Å². The van der Waals surface area contributed by atoms with Crippen LogP contribution in [0.25, 0.3) is 32.9 Å². The summed E-state index contributed by atoms with van der Waals surface area (Å²) < 4.78 is 0. The lowest BCUT2D eigenvalue weighted by Crippen LogP contribution is -2.13. The van der Waals surface area contributed by atoms with Gasteiger partial charge in [0.05, 0.1) is 22.8 Å². The number of rotatable bonds is 2. The summed E-state index contributed by atoms with van der Waals surface area (Å²) in [7, 11) is 0. The van der Waals surface area contributed by atoms with E-state index in [-0.39, 0.29) is 11.2 Å². The second-order valence-electron chi connectivity index (χ2n) is 5.98. The maximum absolute atomic E-state index is 12.3. The molecule has 0 spiro atoms. The highest BCUT2D eigenvalue weighted by Gasteiger charge is 2.17. The van der Waals surface area contributed by atoms with E-state index in [1.54, 1.807) is 31.3 Å². The highest BCUT2D eigenvalue weighted by atomic mass is 35.5. The van der Waals surface area contributed by atoms with Gasteiger partial charge >= 0.3 is 0 Å². The van der Waals surface area contributed by atoms with Gasteiger partial charge in [0.2, 0.25) is 0 Å². The van der Waals surface area contributed by atoms with Gasteiger partial charge in [-0.25, -0.2) is 0 Å². The van der Waals surface area contributed by atoms with E-state index in [4.69, 9.17) is 17.3 Å². The normalized spacial score (nSPS) is 12.8. The Kier molecular flexibility index (Phi) is 3.52. The second-order valence-corrected chi connectivity index (χ2v) is 6.38. The fraction of sp³-hybridized carbons (Fsp3) is 0.111. The van der Waals surface area contributed by atoms with E-state index < -0.39 is 6.10 Å². The first-order valence-corrected chi connectivity index (χ1v) is 8.10. The van der Waals surface area contributed by atoms with Crippen molar-refractivity contribution in [3.8, 4) is 11.1 Å². The molecule has 2 aromatic carbocycles. The molecule has 0 aliphatic carbocycles. The number of pyridine rings is 1. The van der Waals surface area contributed by atoms with Crippen molar-refractivity contribution in [3.63, 3.8) is 0 Å². The van der Waals surface area contributed by atoms with Gasteiger partial charge in [0.15, 0.2) is 0 Å². The van der Waals surface area contributed by atoms with Crippen molar-refractivity contribution >= 4 is 39.1 Å². The average Bonchev–Trinajstić information content (AvgIpc) is 3.07. The minimum atomic E-state index is -0.635. The number of benzene rings is 2. The number of hydrogen-bond acceptors (Lipinski definition) is 4. The second kappa shape index (κ2) is 5.61. The molecule has 0 fully saturated rings. The first-order valence-electron chi connectivity index (χ1n) is 7.73. The Hall–Kier alpha value is -2.83. The zero-order valence-electron chi connectivity index (χ0n) is 13.3. The predicted molar refractivity (Wildman–Crippen MR) is 99.7 cm³/mol. The molecule has 7 heteroatoms. The van der Waals surface area contributed by atoms with Crippen molar-refractivity contribution in [2.24, 2.45) is 0 Å². The number of hydrogen-bond donors (Lipinski definition) is 4. The van der Waals surface area contributed by atoms with Crippen molar-refractivity contribution < 1.29 is 5.11 Å². The summed E-state index contributed by atoms with van der Waals surface area (Å²) in [5, 5.41) is 18.9. The monoisotopic (exact) mass is 354 g/mol. The molecule has 0 saturated heterocycles. The molecule has 4 rings (SSSR count). The molecule has 2 heterocycles. The molecular weight excluding hydrogens is 340 g/mol. The Balaban J connectivity index is 2.17. The maximum Gasteiger partial charge on any atom is 0.272 e. The van der Waals surface area contributed by atoms with Gasteiger partial charge in [-0.2, -0.15) is 5.10 Å². The fourth-order valence-corrected chi connectivity index (χ4v) is 3.30. The van der Waals surface area contributed by atoms with Gasteiger partial charge in [0.25, 0.3) is 5.56 Å². The largest absolute Gasteiger partial charge is 0.394 e. The van der Waals surface area contributed by atoms with Gasteiger partial charge in [-0.1, -0.05) is 23.7 Å². The number of nitrogens with one attached hydrogen (secondary N) is 2. The first-order chi connectivity index (χ1) is 12.0. The lowest BCUT2D eigenvalue weighted by atomic mass is 9.95. The molecule has 0 aliphatic rings. The molecule has 5 N–H and O–H groups in total. The zero-order chi connectivity index (χ0) is 17.7. The summed E-state index contributed by atoms with van der Waals surface area (Å²) in [5.74, 6) is 0. The summed E-state index contributed by atoms with van der Waals surface area (Å²) in [4.78, 5) is 15.1. The predicted octanol–water partition coefficient (Wildman–Crippen LogP) is 3.36. The van der Waals surface area contributed by atoms with Crippen LogP contribution in [0, 0.1) is 0 Å². The molecule has 6 nitrogen and oxygen atoms in total. The third kappa shape index (κ3) is 2.38. The Bertz CT molecular complexity index is 1180. The summed E-state index contributed by atoms with van der Waals surface area (Å²) in [6.07, 6.45) is 1.02. The summed E-state index contributed by atoms with van der Waals surface area (Å²) in [6, 6.07) is 8.94. The van der Waals surface area contributed by atoms with E-state index in [0.29, 0.717) is 21.6 Å². The lowest BCUT2D eigenvalue weighted by Gasteiger charge is -2.13. The lowest BCUT2D eigenvalue weighted by molar-refractivity contribution is 0.199. The number of aromatic amines is 2. The van der Waals surface area contributed by atoms with Crippen LogP contribution in [0.5, 0.6) is 0 Å². The van der Waals surface area contributed by atoms with Crippen molar-refractivity contribution in [3.05, 3.63) is 57.5 Å². The van der Waals surface area contributed by atoms with Crippen LogP contribution in [0.15, 0.2) is 41.3 Å². The average molecular weight is 355 g/mol. The number of anilines is 1. The molecule has 4 aromatic rings. The van der Waals surface area contributed by atoms with Gasteiger partial charge in [-0.15, -0.1) is 0 Å². The Morgan fingerprint density at radius 1 is 1.24 bits per heavy atom. The van der Waals surface area contributed by atoms with E-state index in [1.165, 1.54) is 0 Å². The van der Waals surface area contributed by atoms with Crippen LogP contribution < -0.4 is 11.3 Å². The van der Waals surface area contributed by atoms with Gasteiger partial charge < -0.3 is 15.8 Å². The maximum atomic E-state index is 12.3. The van der Waals surface area contributed by atoms with E-state index in [0.717, 1.165) is 21.9 Å². The molecular formula is C18H15ClN4O2. The van der Waals surface area contributed by atoms with Crippen LogP contribution in [0.3, 0.4) is 0 Å². The van der Waals surface area contributed by atoms with Crippen molar-refractivity contribution in [2.45, 2.75) is 13.0 Å². The molecule has 0 bridgehead atoms. The molecule has 0 aliphatic heterocycles. The van der Waals surface area contributed by atoms with Gasteiger partial charge in [-0.05, 0) is 36.2 Å². The van der Waals surface area contributed by atoms with E-state index in [2.05, 4.69) is 15.2 Å².